The molecule has 10 aromatic rings. The van der Waals surface area contributed by atoms with E-state index in [4.69, 9.17) is 0 Å². The molecule has 0 spiro atoms. The minimum Gasteiger partial charge on any atom is -0.310 e. The third kappa shape index (κ3) is 7.38. The first-order chi connectivity index (χ1) is 32.0. The lowest BCUT2D eigenvalue weighted by Gasteiger charge is -2.28. The van der Waals surface area contributed by atoms with Crippen molar-refractivity contribution >= 4 is 44.0 Å². The molecule has 65 heavy (non-hydrogen) atoms. The first kappa shape index (κ1) is 39.6. The van der Waals surface area contributed by atoms with Crippen LogP contribution in [-0.2, 0) is 9.84 Å². The van der Waals surface area contributed by atoms with Crippen molar-refractivity contribution in [2.45, 2.75) is 9.79 Å². The predicted octanol–water partition coefficient (Wildman–Crippen LogP) is 16.1. The molecule has 5 heteroatoms. The Labute approximate surface area is 380 Å². The summed E-state index contributed by atoms with van der Waals surface area (Å²) in [7, 11) is -3.77. The molecule has 11 rings (SSSR count). The monoisotopic (exact) mass is 854 g/mol. The lowest BCUT2D eigenvalue weighted by molar-refractivity contribution is 0.598. The minimum absolute atomic E-state index is 0.318. The second-order valence-electron chi connectivity index (χ2n) is 16.1. The smallest absolute Gasteiger partial charge is 0.207 e. The van der Waals surface area contributed by atoms with E-state index >= 15 is 0 Å². The molecule has 0 amide bonds. The largest absolute Gasteiger partial charge is 0.310 e. The summed E-state index contributed by atoms with van der Waals surface area (Å²) < 4.78 is 28.7. The Balaban J connectivity index is 1.03. The molecule has 0 N–H and O–H groups in total. The highest BCUT2D eigenvalue weighted by Crippen LogP contribution is 2.50. The van der Waals surface area contributed by atoms with Gasteiger partial charge in [0.2, 0.25) is 9.84 Å². The molecule has 0 saturated carbocycles. The van der Waals surface area contributed by atoms with Gasteiger partial charge >= 0.3 is 0 Å². The molecule has 0 saturated heterocycles. The van der Waals surface area contributed by atoms with Crippen molar-refractivity contribution in [3.63, 3.8) is 0 Å². The molecule has 0 unspecified atom stereocenters. The first-order valence-corrected chi connectivity index (χ1v) is 23.2. The van der Waals surface area contributed by atoms with Gasteiger partial charge in [0.1, 0.15) is 0 Å². The molecule has 1 heterocycles. The molecule has 0 aliphatic carbocycles. The third-order valence-corrected chi connectivity index (χ3v) is 14.1. The van der Waals surface area contributed by atoms with E-state index in [1.807, 2.05) is 48.5 Å². The van der Waals surface area contributed by atoms with Crippen LogP contribution in [0.15, 0.2) is 265 Å². The van der Waals surface area contributed by atoms with Gasteiger partial charge < -0.3 is 9.80 Å². The molecule has 1 aliphatic rings. The molecule has 10 aromatic carbocycles. The summed E-state index contributed by atoms with van der Waals surface area (Å²) in [5.41, 5.74) is 15.7. The standard InChI is InChI=1S/C60H42N2O2S/c63-65(64)59-37-35-47(53-31-13-15-33-57(53)61(49-25-9-3-10-26-49)51-29-17-23-45(39-51)43-19-5-1-6-20-43)41-55(59)56-42-48(36-38-60(56)65)54-32-14-16-34-58(54)62(50-27-11-4-12-28-50)52-30-18-24-46(40-52)44-21-7-2-8-22-44/h1-42H. The molecule has 0 fully saturated rings. The van der Waals surface area contributed by atoms with Crippen molar-refractivity contribution in [2.75, 3.05) is 9.80 Å². The fourth-order valence-electron chi connectivity index (χ4n) is 9.15. The van der Waals surface area contributed by atoms with Gasteiger partial charge in [-0.25, -0.2) is 8.42 Å². The number of sulfone groups is 1. The lowest BCUT2D eigenvalue weighted by atomic mass is 9.94. The van der Waals surface area contributed by atoms with Gasteiger partial charge in [-0.2, -0.15) is 0 Å². The van der Waals surface area contributed by atoms with Gasteiger partial charge in [-0.05, 0) is 118 Å². The predicted molar refractivity (Wildman–Crippen MR) is 268 cm³/mol. The van der Waals surface area contributed by atoms with E-state index in [2.05, 4.69) is 204 Å². The van der Waals surface area contributed by atoms with E-state index in [0.717, 1.165) is 78.6 Å². The van der Waals surface area contributed by atoms with Crippen LogP contribution >= 0.6 is 0 Å². The van der Waals surface area contributed by atoms with E-state index in [1.165, 1.54) is 0 Å². The van der Waals surface area contributed by atoms with Gasteiger partial charge in [0.05, 0.1) is 21.2 Å². The minimum atomic E-state index is -3.77. The molecule has 0 atom stereocenters. The summed E-state index contributed by atoms with van der Waals surface area (Å²) in [6.07, 6.45) is 0. The zero-order chi connectivity index (χ0) is 43.7. The van der Waals surface area contributed by atoms with E-state index in [0.29, 0.717) is 20.9 Å². The topological polar surface area (TPSA) is 40.6 Å². The summed E-state index contributed by atoms with van der Waals surface area (Å²) in [6.45, 7) is 0. The number of para-hydroxylation sites is 4. The number of benzene rings is 10. The maximum atomic E-state index is 14.3. The highest BCUT2D eigenvalue weighted by Gasteiger charge is 2.34. The Morgan fingerprint density at radius 3 is 1.00 bits per heavy atom. The number of hydrogen-bond acceptors (Lipinski definition) is 4. The van der Waals surface area contributed by atoms with Crippen LogP contribution < -0.4 is 9.80 Å². The Morgan fingerprint density at radius 1 is 0.246 bits per heavy atom. The van der Waals surface area contributed by atoms with E-state index in [-0.39, 0.29) is 0 Å². The van der Waals surface area contributed by atoms with Crippen LogP contribution in [0.5, 0.6) is 0 Å². The second kappa shape index (κ2) is 16.8. The highest BCUT2D eigenvalue weighted by molar-refractivity contribution is 7.92. The van der Waals surface area contributed by atoms with Crippen LogP contribution in [0.3, 0.4) is 0 Å². The van der Waals surface area contributed by atoms with Crippen molar-refractivity contribution in [3.8, 4) is 55.6 Å². The fourth-order valence-corrected chi connectivity index (χ4v) is 10.8. The molecule has 310 valence electrons. The van der Waals surface area contributed by atoms with Gasteiger partial charge in [-0.15, -0.1) is 0 Å². The summed E-state index contributed by atoms with van der Waals surface area (Å²) in [5.74, 6) is 0. The van der Waals surface area contributed by atoms with Crippen molar-refractivity contribution in [1.29, 1.82) is 0 Å². The Kier molecular flexibility index (Phi) is 10.2. The number of rotatable bonds is 10. The van der Waals surface area contributed by atoms with Crippen molar-refractivity contribution in [3.05, 3.63) is 255 Å². The van der Waals surface area contributed by atoms with Gasteiger partial charge in [-0.1, -0.05) is 170 Å². The Bertz CT molecular complexity index is 3220. The SMILES string of the molecule is O=S1(=O)c2ccc(-c3ccccc3N(c3ccccc3)c3cccc(-c4ccccc4)c3)cc2-c2cc(-c3ccccc3N(c3ccccc3)c3cccc(-c4ccccc4)c3)ccc21. The average molecular weight is 855 g/mol. The van der Waals surface area contributed by atoms with Gasteiger partial charge in [0.25, 0.3) is 0 Å². The van der Waals surface area contributed by atoms with Crippen molar-refractivity contribution in [2.24, 2.45) is 0 Å². The van der Waals surface area contributed by atoms with E-state index in [9.17, 15) is 8.42 Å². The normalized spacial score (nSPS) is 12.2. The van der Waals surface area contributed by atoms with Crippen LogP contribution in [0.1, 0.15) is 0 Å². The van der Waals surface area contributed by atoms with Crippen LogP contribution in [0.2, 0.25) is 0 Å². The van der Waals surface area contributed by atoms with Gasteiger partial charge in [-0.3, -0.25) is 0 Å². The first-order valence-electron chi connectivity index (χ1n) is 21.7. The maximum absolute atomic E-state index is 14.3. The number of hydrogen-bond donors (Lipinski definition) is 0. The molecule has 0 radical (unpaired) electrons. The zero-order valence-electron chi connectivity index (χ0n) is 35.4. The molecular formula is C60H42N2O2S. The second-order valence-corrected chi connectivity index (χ2v) is 18.0. The Hall–Kier alpha value is -8.25. The molecule has 1 aliphatic heterocycles. The van der Waals surface area contributed by atoms with Crippen LogP contribution in [0.4, 0.5) is 34.1 Å². The molecule has 0 bridgehead atoms. The number of fused-ring (bicyclic) bond motifs is 3. The van der Waals surface area contributed by atoms with Crippen LogP contribution in [-0.4, -0.2) is 8.42 Å². The van der Waals surface area contributed by atoms with Crippen molar-refractivity contribution in [1.82, 2.24) is 0 Å². The molecular weight excluding hydrogens is 813 g/mol. The van der Waals surface area contributed by atoms with Crippen LogP contribution in [0, 0.1) is 0 Å². The van der Waals surface area contributed by atoms with Crippen LogP contribution in [0.25, 0.3) is 55.6 Å². The maximum Gasteiger partial charge on any atom is 0.207 e. The molecule has 4 nitrogen and oxygen atoms in total. The number of nitrogens with zero attached hydrogens (tertiary/aromatic N) is 2. The summed E-state index contributed by atoms with van der Waals surface area (Å²) in [5, 5.41) is 0. The molecule has 0 aromatic heterocycles. The summed E-state index contributed by atoms with van der Waals surface area (Å²) >= 11 is 0. The fraction of sp³-hybridized carbons (Fsp3) is 0. The van der Waals surface area contributed by atoms with E-state index < -0.39 is 9.84 Å². The quantitative estimate of drug-likeness (QED) is 0.137. The van der Waals surface area contributed by atoms with Gasteiger partial charge in [0.15, 0.2) is 0 Å². The summed E-state index contributed by atoms with van der Waals surface area (Å²) in [4.78, 5) is 5.20. The average Bonchev–Trinajstić information content (AvgIpc) is 3.60. The van der Waals surface area contributed by atoms with Crippen molar-refractivity contribution < 1.29 is 8.42 Å². The lowest BCUT2D eigenvalue weighted by Crippen LogP contribution is -2.11. The highest BCUT2D eigenvalue weighted by atomic mass is 32.2. The third-order valence-electron chi connectivity index (χ3n) is 12.2. The summed E-state index contributed by atoms with van der Waals surface area (Å²) in [6, 6.07) is 87.1. The zero-order valence-corrected chi connectivity index (χ0v) is 36.2. The van der Waals surface area contributed by atoms with Gasteiger partial charge in [0, 0.05) is 45.0 Å². The van der Waals surface area contributed by atoms with E-state index in [1.54, 1.807) is 12.1 Å². The Morgan fingerprint density at radius 2 is 0.585 bits per heavy atom. The number of anilines is 6.